The molecule has 31 heavy (non-hydrogen) atoms. The van der Waals surface area contributed by atoms with Gasteiger partial charge in [-0.25, -0.2) is 17.1 Å². The lowest BCUT2D eigenvalue weighted by atomic mass is 10.2. The third-order valence-electron chi connectivity index (χ3n) is 4.36. The zero-order valence-electron chi connectivity index (χ0n) is 17.1. The molecule has 0 unspecified atom stereocenters. The molecule has 3 aromatic rings. The van der Waals surface area contributed by atoms with E-state index in [9.17, 15) is 17.6 Å². The Hall–Kier alpha value is -3.31. The molecule has 0 atom stereocenters. The highest BCUT2D eigenvalue weighted by atomic mass is 32.2. The topological polar surface area (TPSA) is 115 Å². The number of halogens is 1. The predicted octanol–water partition coefficient (Wildman–Crippen LogP) is 2.71. The number of aryl methyl sites for hydroxylation is 1. The van der Waals surface area contributed by atoms with Crippen LogP contribution in [0.15, 0.2) is 51.9 Å². The first-order valence-electron chi connectivity index (χ1n) is 9.19. The Bertz CT molecular complexity index is 1180. The van der Waals surface area contributed by atoms with Crippen LogP contribution in [0.3, 0.4) is 0 Å². The van der Waals surface area contributed by atoms with Crippen LogP contribution in [0.4, 0.5) is 10.1 Å². The van der Waals surface area contributed by atoms with Gasteiger partial charge in [-0.15, -0.1) is 0 Å². The summed E-state index contributed by atoms with van der Waals surface area (Å²) in [4.78, 5) is 16.6. The molecule has 0 bridgehead atoms. The average molecular weight is 448 g/mol. The summed E-state index contributed by atoms with van der Waals surface area (Å²) < 4.78 is 49.1. The Kier molecular flexibility index (Phi) is 6.66. The largest absolute Gasteiger partial charge is 0.495 e. The molecule has 0 radical (unpaired) electrons. The van der Waals surface area contributed by atoms with Gasteiger partial charge in [0, 0.05) is 32.5 Å². The second kappa shape index (κ2) is 9.23. The maximum absolute atomic E-state index is 13.0. The Morgan fingerprint density at radius 1 is 1.19 bits per heavy atom. The Morgan fingerprint density at radius 2 is 1.90 bits per heavy atom. The second-order valence-corrected chi connectivity index (χ2v) is 8.87. The third kappa shape index (κ3) is 5.25. The van der Waals surface area contributed by atoms with Crippen molar-refractivity contribution in [3.8, 4) is 17.1 Å². The number of anilines is 1. The number of hydrogen-bond acceptors (Lipinski definition) is 7. The number of aromatic nitrogens is 2. The Labute approximate surface area is 178 Å². The van der Waals surface area contributed by atoms with Gasteiger partial charge in [-0.1, -0.05) is 5.16 Å². The maximum atomic E-state index is 13.0. The number of methoxy groups -OCH3 is 1. The van der Waals surface area contributed by atoms with Crippen LogP contribution >= 0.6 is 0 Å². The van der Waals surface area contributed by atoms with Crippen LogP contribution in [0.2, 0.25) is 0 Å². The van der Waals surface area contributed by atoms with Crippen LogP contribution in [0.1, 0.15) is 12.3 Å². The standard InChI is InChI=1S/C20H21FN4O5S/c1-25(2)31(27,28)15-8-9-17(29-3)16(12-15)22-18(26)10-11-19-23-20(24-30-19)13-4-6-14(21)7-5-13/h4-9,12H,10-11H2,1-3H3,(H,22,26). The van der Waals surface area contributed by atoms with Crippen molar-refractivity contribution in [1.82, 2.24) is 14.4 Å². The number of benzene rings is 2. The molecule has 0 fully saturated rings. The number of amides is 1. The van der Waals surface area contributed by atoms with Crippen LogP contribution in [0.25, 0.3) is 11.4 Å². The SMILES string of the molecule is COc1ccc(S(=O)(=O)N(C)C)cc1NC(=O)CCc1nc(-c2ccc(F)cc2)no1. The minimum Gasteiger partial charge on any atom is -0.495 e. The smallest absolute Gasteiger partial charge is 0.242 e. The van der Waals surface area contributed by atoms with Crippen molar-refractivity contribution >= 4 is 21.6 Å². The van der Waals surface area contributed by atoms with E-state index in [-0.39, 0.29) is 41.0 Å². The van der Waals surface area contributed by atoms with E-state index in [1.807, 2.05) is 0 Å². The fourth-order valence-corrected chi connectivity index (χ4v) is 3.59. The monoisotopic (exact) mass is 448 g/mol. The van der Waals surface area contributed by atoms with Crippen molar-refractivity contribution < 1.29 is 26.9 Å². The first kappa shape index (κ1) is 22.4. The number of nitrogens with zero attached hydrogens (tertiary/aromatic N) is 3. The van der Waals surface area contributed by atoms with E-state index < -0.39 is 10.0 Å². The molecule has 0 aliphatic rings. The Balaban J connectivity index is 1.68. The molecule has 1 aromatic heterocycles. The number of rotatable bonds is 8. The van der Waals surface area contributed by atoms with Gasteiger partial charge in [-0.3, -0.25) is 4.79 Å². The number of hydrogen-bond donors (Lipinski definition) is 1. The van der Waals surface area contributed by atoms with E-state index >= 15 is 0 Å². The molecular weight excluding hydrogens is 427 g/mol. The van der Waals surface area contributed by atoms with Gasteiger partial charge in [0.1, 0.15) is 11.6 Å². The van der Waals surface area contributed by atoms with Gasteiger partial charge in [-0.05, 0) is 42.5 Å². The van der Waals surface area contributed by atoms with Crippen LogP contribution in [-0.2, 0) is 21.2 Å². The highest BCUT2D eigenvalue weighted by Crippen LogP contribution is 2.28. The molecule has 0 aliphatic heterocycles. The lowest BCUT2D eigenvalue weighted by Crippen LogP contribution is -2.22. The quantitative estimate of drug-likeness (QED) is 0.563. The summed E-state index contributed by atoms with van der Waals surface area (Å²) in [5, 5.41) is 6.48. The van der Waals surface area contributed by atoms with Gasteiger partial charge in [0.2, 0.25) is 27.6 Å². The molecule has 1 amide bonds. The van der Waals surface area contributed by atoms with Gasteiger partial charge >= 0.3 is 0 Å². The van der Waals surface area contributed by atoms with Gasteiger partial charge in [-0.2, -0.15) is 4.98 Å². The van der Waals surface area contributed by atoms with Crippen molar-refractivity contribution in [2.45, 2.75) is 17.7 Å². The number of nitrogens with one attached hydrogen (secondary N) is 1. The zero-order chi connectivity index (χ0) is 22.6. The van der Waals surface area contributed by atoms with Crippen molar-refractivity contribution in [3.63, 3.8) is 0 Å². The highest BCUT2D eigenvalue weighted by molar-refractivity contribution is 7.89. The van der Waals surface area contributed by atoms with Crippen molar-refractivity contribution in [3.05, 3.63) is 54.2 Å². The molecule has 2 aromatic carbocycles. The van der Waals surface area contributed by atoms with E-state index in [1.165, 1.54) is 63.7 Å². The van der Waals surface area contributed by atoms with Crippen molar-refractivity contribution in [2.75, 3.05) is 26.5 Å². The fraction of sp³-hybridized carbons (Fsp3) is 0.250. The van der Waals surface area contributed by atoms with Crippen LogP contribution in [-0.4, -0.2) is 50.0 Å². The van der Waals surface area contributed by atoms with E-state index in [1.54, 1.807) is 0 Å². The number of sulfonamides is 1. The zero-order valence-corrected chi connectivity index (χ0v) is 17.9. The molecule has 9 nitrogen and oxygen atoms in total. The molecule has 1 N–H and O–H groups in total. The summed E-state index contributed by atoms with van der Waals surface area (Å²) in [5.74, 6) is 0.0905. The van der Waals surface area contributed by atoms with Gasteiger partial charge in [0.05, 0.1) is 17.7 Å². The van der Waals surface area contributed by atoms with Gasteiger partial charge in [0.15, 0.2) is 0 Å². The lowest BCUT2D eigenvalue weighted by molar-refractivity contribution is -0.116. The van der Waals surface area contributed by atoms with Crippen LogP contribution < -0.4 is 10.1 Å². The minimum atomic E-state index is -3.67. The number of carbonyl (C=O) groups is 1. The normalized spacial score (nSPS) is 11.5. The molecule has 3 rings (SSSR count). The third-order valence-corrected chi connectivity index (χ3v) is 6.17. The highest BCUT2D eigenvalue weighted by Gasteiger charge is 2.20. The van der Waals surface area contributed by atoms with E-state index in [0.29, 0.717) is 17.1 Å². The van der Waals surface area contributed by atoms with Crippen LogP contribution in [0.5, 0.6) is 5.75 Å². The minimum absolute atomic E-state index is 0.0128. The molecule has 0 saturated carbocycles. The van der Waals surface area contributed by atoms with E-state index in [4.69, 9.17) is 9.26 Å². The molecule has 0 saturated heterocycles. The summed E-state index contributed by atoms with van der Waals surface area (Å²) in [7, 11) is 0.583. The molecule has 0 spiro atoms. The molecule has 164 valence electrons. The predicted molar refractivity (Wildman–Crippen MR) is 111 cm³/mol. The summed E-state index contributed by atoms with van der Waals surface area (Å²) in [6.45, 7) is 0. The second-order valence-electron chi connectivity index (χ2n) is 6.72. The van der Waals surface area contributed by atoms with Crippen molar-refractivity contribution in [1.29, 1.82) is 0 Å². The molecular formula is C20H21FN4O5S. The number of carbonyl (C=O) groups excluding carboxylic acids is 1. The van der Waals surface area contributed by atoms with Crippen LogP contribution in [0, 0.1) is 5.82 Å². The average Bonchev–Trinajstić information content (AvgIpc) is 3.21. The van der Waals surface area contributed by atoms with Gasteiger partial charge in [0.25, 0.3) is 0 Å². The van der Waals surface area contributed by atoms with E-state index in [2.05, 4.69) is 15.5 Å². The first-order valence-corrected chi connectivity index (χ1v) is 10.6. The molecule has 1 heterocycles. The maximum Gasteiger partial charge on any atom is 0.242 e. The summed E-state index contributed by atoms with van der Waals surface area (Å²) in [6, 6.07) is 9.84. The first-order chi connectivity index (χ1) is 14.7. The van der Waals surface area contributed by atoms with Crippen molar-refractivity contribution in [2.24, 2.45) is 0 Å². The summed E-state index contributed by atoms with van der Waals surface area (Å²) in [5.41, 5.74) is 0.817. The fourth-order valence-electron chi connectivity index (χ4n) is 2.66. The Morgan fingerprint density at radius 3 is 2.55 bits per heavy atom. The number of ether oxygens (including phenoxy) is 1. The summed E-state index contributed by atoms with van der Waals surface area (Å²) >= 11 is 0. The molecule has 0 aliphatic carbocycles. The van der Waals surface area contributed by atoms with Gasteiger partial charge < -0.3 is 14.6 Å². The molecule has 11 heteroatoms. The summed E-state index contributed by atoms with van der Waals surface area (Å²) in [6.07, 6.45) is 0.177. The lowest BCUT2D eigenvalue weighted by Gasteiger charge is -2.15. The van der Waals surface area contributed by atoms with E-state index in [0.717, 1.165) is 4.31 Å².